The van der Waals surface area contributed by atoms with Crippen LogP contribution in [0, 0.1) is 0 Å². The summed E-state index contributed by atoms with van der Waals surface area (Å²) < 4.78 is 6.37. The zero-order valence-electron chi connectivity index (χ0n) is 10.2. The van der Waals surface area contributed by atoms with E-state index in [0.717, 1.165) is 21.3 Å². The molecule has 0 bridgehead atoms. The van der Waals surface area contributed by atoms with Gasteiger partial charge in [-0.25, -0.2) is 0 Å². The van der Waals surface area contributed by atoms with Crippen LogP contribution in [-0.4, -0.2) is 11.7 Å². The highest BCUT2D eigenvalue weighted by molar-refractivity contribution is 9.10. The molecule has 0 aliphatic heterocycles. The zero-order valence-corrected chi connectivity index (χ0v) is 11.8. The monoisotopic (exact) mass is 306 g/mol. The number of rotatable bonds is 4. The molecule has 3 heteroatoms. The van der Waals surface area contributed by atoms with Crippen LogP contribution in [0.15, 0.2) is 46.9 Å². The van der Waals surface area contributed by atoms with Crippen LogP contribution in [0.3, 0.4) is 0 Å². The van der Waals surface area contributed by atoms with Crippen molar-refractivity contribution in [2.24, 2.45) is 0 Å². The third kappa shape index (κ3) is 3.26. The van der Waals surface area contributed by atoms with Crippen molar-refractivity contribution in [3.05, 3.63) is 58.1 Å². The number of hydrogen-bond donors (Lipinski definition) is 1. The van der Waals surface area contributed by atoms with Crippen molar-refractivity contribution in [1.29, 1.82) is 0 Å². The number of benzene rings is 2. The van der Waals surface area contributed by atoms with Crippen LogP contribution in [0.4, 0.5) is 0 Å². The van der Waals surface area contributed by atoms with Crippen LogP contribution in [0.2, 0.25) is 0 Å². The quantitative estimate of drug-likeness (QED) is 0.919. The van der Waals surface area contributed by atoms with Gasteiger partial charge in [-0.15, -0.1) is 0 Å². The largest absolute Gasteiger partial charge is 0.508 e. The minimum atomic E-state index is 0.326. The molecule has 0 aliphatic rings. The lowest BCUT2D eigenvalue weighted by Crippen LogP contribution is -1.93. The molecule has 0 spiro atoms. The summed E-state index contributed by atoms with van der Waals surface area (Å²) in [5.41, 5.74) is 2.06. The second kappa shape index (κ2) is 5.91. The van der Waals surface area contributed by atoms with Crippen LogP contribution in [0.5, 0.6) is 11.5 Å². The van der Waals surface area contributed by atoms with E-state index in [1.807, 2.05) is 43.3 Å². The highest BCUT2D eigenvalue weighted by atomic mass is 79.9. The topological polar surface area (TPSA) is 29.5 Å². The van der Waals surface area contributed by atoms with Gasteiger partial charge in [-0.05, 0) is 48.4 Å². The van der Waals surface area contributed by atoms with Gasteiger partial charge >= 0.3 is 0 Å². The van der Waals surface area contributed by atoms with E-state index in [0.29, 0.717) is 18.8 Å². The maximum Gasteiger partial charge on any atom is 0.119 e. The lowest BCUT2D eigenvalue weighted by atomic mass is 10.0. The molecule has 2 aromatic rings. The van der Waals surface area contributed by atoms with Crippen LogP contribution in [0.25, 0.3) is 0 Å². The van der Waals surface area contributed by atoms with E-state index in [-0.39, 0.29) is 0 Å². The molecule has 0 aliphatic carbocycles. The summed E-state index contributed by atoms with van der Waals surface area (Å²) in [4.78, 5) is 0. The first kappa shape index (κ1) is 13.0. The Bertz CT molecular complexity index is 521. The van der Waals surface area contributed by atoms with Crippen molar-refractivity contribution in [2.45, 2.75) is 13.3 Å². The average Bonchev–Trinajstić information content (AvgIpc) is 2.37. The third-order valence-corrected chi connectivity index (χ3v) is 3.16. The number of halogens is 1. The maximum absolute atomic E-state index is 9.79. The average molecular weight is 307 g/mol. The van der Waals surface area contributed by atoms with Crippen LogP contribution in [0.1, 0.15) is 18.1 Å². The van der Waals surface area contributed by atoms with Gasteiger partial charge in [0.05, 0.1) is 6.61 Å². The van der Waals surface area contributed by atoms with E-state index < -0.39 is 0 Å². The fourth-order valence-electron chi connectivity index (χ4n) is 1.79. The molecule has 0 unspecified atom stereocenters. The molecule has 0 radical (unpaired) electrons. The smallest absolute Gasteiger partial charge is 0.119 e. The fraction of sp³-hybridized carbons (Fsp3) is 0.200. The molecule has 2 aromatic carbocycles. The van der Waals surface area contributed by atoms with Gasteiger partial charge in [-0.2, -0.15) is 0 Å². The number of phenolic OH excluding ortho intramolecular Hbond substituents is 1. The first-order valence-electron chi connectivity index (χ1n) is 5.88. The molecule has 0 fully saturated rings. The van der Waals surface area contributed by atoms with E-state index in [4.69, 9.17) is 4.74 Å². The normalized spacial score (nSPS) is 10.3. The van der Waals surface area contributed by atoms with E-state index >= 15 is 0 Å². The SMILES string of the molecule is CCOc1ccc(Cc2cc(Br)ccc2O)cc1. The summed E-state index contributed by atoms with van der Waals surface area (Å²) in [6.07, 6.45) is 0.706. The number of aromatic hydroxyl groups is 1. The van der Waals surface area contributed by atoms with E-state index in [2.05, 4.69) is 15.9 Å². The maximum atomic E-state index is 9.79. The Hall–Kier alpha value is -1.48. The number of phenols is 1. The van der Waals surface area contributed by atoms with Gasteiger partial charge in [0.2, 0.25) is 0 Å². The standard InChI is InChI=1S/C15H15BrO2/c1-2-18-14-6-3-11(4-7-14)9-12-10-13(16)5-8-15(12)17/h3-8,10,17H,2,9H2,1H3. The highest BCUT2D eigenvalue weighted by Crippen LogP contribution is 2.25. The van der Waals surface area contributed by atoms with Crippen molar-refractivity contribution in [1.82, 2.24) is 0 Å². The zero-order chi connectivity index (χ0) is 13.0. The van der Waals surface area contributed by atoms with Crippen LogP contribution in [-0.2, 0) is 6.42 Å². The van der Waals surface area contributed by atoms with E-state index in [1.165, 1.54) is 0 Å². The molecule has 0 aromatic heterocycles. The van der Waals surface area contributed by atoms with Gasteiger partial charge in [0, 0.05) is 10.9 Å². The number of hydrogen-bond acceptors (Lipinski definition) is 2. The van der Waals surface area contributed by atoms with Crippen molar-refractivity contribution < 1.29 is 9.84 Å². The molecule has 0 amide bonds. The molecule has 0 atom stereocenters. The summed E-state index contributed by atoms with van der Waals surface area (Å²) in [5.74, 6) is 1.20. The first-order valence-corrected chi connectivity index (χ1v) is 6.67. The van der Waals surface area contributed by atoms with Crippen molar-refractivity contribution in [3.63, 3.8) is 0 Å². The Morgan fingerprint density at radius 1 is 1.11 bits per heavy atom. The predicted octanol–water partition coefficient (Wildman–Crippen LogP) is 4.14. The van der Waals surface area contributed by atoms with Gasteiger partial charge < -0.3 is 9.84 Å². The number of ether oxygens (including phenoxy) is 1. The summed E-state index contributed by atoms with van der Waals surface area (Å²) in [5, 5.41) is 9.79. The Morgan fingerprint density at radius 2 is 1.83 bits per heavy atom. The molecule has 0 saturated carbocycles. The second-order valence-electron chi connectivity index (χ2n) is 4.03. The van der Waals surface area contributed by atoms with Gasteiger partial charge in [0.1, 0.15) is 11.5 Å². The molecule has 1 N–H and O–H groups in total. The molecule has 0 saturated heterocycles. The first-order chi connectivity index (χ1) is 8.69. The summed E-state index contributed by atoms with van der Waals surface area (Å²) in [7, 11) is 0. The molecule has 0 heterocycles. The van der Waals surface area contributed by atoms with Crippen LogP contribution < -0.4 is 4.74 Å². The molecular formula is C15H15BrO2. The minimum Gasteiger partial charge on any atom is -0.508 e. The molecule has 94 valence electrons. The Labute approximate surface area is 115 Å². The van der Waals surface area contributed by atoms with E-state index in [9.17, 15) is 5.11 Å². The predicted molar refractivity (Wildman–Crippen MR) is 76.2 cm³/mol. The van der Waals surface area contributed by atoms with Gasteiger partial charge in [-0.1, -0.05) is 28.1 Å². The van der Waals surface area contributed by atoms with Crippen molar-refractivity contribution in [2.75, 3.05) is 6.61 Å². The van der Waals surface area contributed by atoms with Crippen molar-refractivity contribution in [3.8, 4) is 11.5 Å². The highest BCUT2D eigenvalue weighted by Gasteiger charge is 2.03. The second-order valence-corrected chi connectivity index (χ2v) is 4.94. The van der Waals surface area contributed by atoms with Crippen LogP contribution >= 0.6 is 15.9 Å². The minimum absolute atomic E-state index is 0.326. The summed E-state index contributed by atoms with van der Waals surface area (Å²) in [6, 6.07) is 13.4. The van der Waals surface area contributed by atoms with Crippen molar-refractivity contribution >= 4 is 15.9 Å². The van der Waals surface area contributed by atoms with Gasteiger partial charge in [0.25, 0.3) is 0 Å². The summed E-state index contributed by atoms with van der Waals surface area (Å²) >= 11 is 3.41. The van der Waals surface area contributed by atoms with Gasteiger partial charge in [0.15, 0.2) is 0 Å². The Kier molecular flexibility index (Phi) is 4.26. The summed E-state index contributed by atoms with van der Waals surface area (Å²) in [6.45, 7) is 2.64. The Balaban J connectivity index is 2.15. The lowest BCUT2D eigenvalue weighted by Gasteiger charge is -2.07. The Morgan fingerprint density at radius 3 is 2.50 bits per heavy atom. The fourth-order valence-corrected chi connectivity index (χ4v) is 2.19. The molecule has 2 nitrogen and oxygen atoms in total. The molecule has 2 rings (SSSR count). The van der Waals surface area contributed by atoms with E-state index in [1.54, 1.807) is 6.07 Å². The van der Waals surface area contributed by atoms with Gasteiger partial charge in [-0.3, -0.25) is 0 Å². The lowest BCUT2D eigenvalue weighted by molar-refractivity contribution is 0.340. The third-order valence-electron chi connectivity index (χ3n) is 2.67. The molecule has 18 heavy (non-hydrogen) atoms. The molecular weight excluding hydrogens is 292 g/mol.